The number of aromatic nitrogens is 1. The lowest BCUT2D eigenvalue weighted by Crippen LogP contribution is -2.48. The van der Waals surface area contributed by atoms with Gasteiger partial charge in [0, 0.05) is 38.0 Å². The second-order valence-corrected chi connectivity index (χ2v) is 7.22. The number of carbonyl (C=O) groups is 1. The molecule has 6 nitrogen and oxygen atoms in total. The number of hydrogen-bond donors (Lipinski definition) is 1. The maximum atomic E-state index is 12.0. The minimum absolute atomic E-state index is 0.00975. The minimum Gasteiger partial charge on any atom is -0.497 e. The fourth-order valence-electron chi connectivity index (χ4n) is 2.72. The average Bonchev–Trinajstić information content (AvgIpc) is 2.96. The number of thiazole rings is 1. The third kappa shape index (κ3) is 3.90. The smallest absolute Gasteiger partial charge is 0.317 e. The molecule has 1 aliphatic heterocycles. The highest BCUT2D eigenvalue weighted by Gasteiger charge is 2.25. The monoisotopic (exact) mass is 349 g/mol. The van der Waals surface area contributed by atoms with Gasteiger partial charge in [-0.25, -0.2) is 9.78 Å². The van der Waals surface area contributed by atoms with Crippen LogP contribution in [-0.4, -0.2) is 48.3 Å². The molecule has 0 bridgehead atoms. The van der Waals surface area contributed by atoms with Crippen LogP contribution in [0.5, 0.6) is 10.9 Å². The minimum atomic E-state index is 0.00975. The third-order valence-electron chi connectivity index (χ3n) is 3.98. The van der Waals surface area contributed by atoms with Gasteiger partial charge in [-0.3, -0.25) is 0 Å². The molecule has 1 fully saturated rings. The van der Waals surface area contributed by atoms with E-state index in [-0.39, 0.29) is 18.2 Å². The van der Waals surface area contributed by atoms with E-state index in [0.717, 1.165) is 28.8 Å². The molecule has 0 atom stereocenters. The van der Waals surface area contributed by atoms with E-state index in [1.54, 1.807) is 18.4 Å². The van der Waals surface area contributed by atoms with Crippen molar-refractivity contribution in [2.75, 3.05) is 20.2 Å². The first-order valence-corrected chi connectivity index (χ1v) is 9.03. The topological polar surface area (TPSA) is 63.7 Å². The van der Waals surface area contributed by atoms with Crippen molar-refractivity contribution in [1.29, 1.82) is 0 Å². The zero-order valence-corrected chi connectivity index (χ0v) is 15.1. The van der Waals surface area contributed by atoms with Gasteiger partial charge >= 0.3 is 6.03 Å². The fourth-order valence-corrected chi connectivity index (χ4v) is 3.58. The summed E-state index contributed by atoms with van der Waals surface area (Å²) in [6, 6.07) is 6.01. The molecule has 2 heterocycles. The van der Waals surface area contributed by atoms with E-state index in [9.17, 15) is 4.79 Å². The molecule has 130 valence electrons. The molecule has 7 heteroatoms. The number of benzene rings is 1. The Hall–Kier alpha value is -2.02. The third-order valence-corrected chi connectivity index (χ3v) is 4.91. The molecule has 2 amide bonds. The Morgan fingerprint density at radius 3 is 2.79 bits per heavy atom. The van der Waals surface area contributed by atoms with Crippen LogP contribution in [0.15, 0.2) is 18.2 Å². The Kier molecular flexibility index (Phi) is 5.08. The number of likely N-dealkylation sites (tertiary alicyclic amines) is 1. The number of ether oxygens (including phenoxy) is 2. The molecule has 2 aromatic rings. The molecule has 0 unspecified atom stereocenters. The number of rotatable bonds is 4. The molecule has 0 radical (unpaired) electrons. The van der Waals surface area contributed by atoms with E-state index in [1.807, 2.05) is 36.9 Å². The summed E-state index contributed by atoms with van der Waals surface area (Å²) < 4.78 is 12.3. The summed E-state index contributed by atoms with van der Waals surface area (Å²) in [5, 5.41) is 3.61. The molecular formula is C17H23N3O3S. The maximum absolute atomic E-state index is 12.0. The van der Waals surface area contributed by atoms with E-state index in [2.05, 4.69) is 10.3 Å². The van der Waals surface area contributed by atoms with Crippen molar-refractivity contribution in [3.05, 3.63) is 18.2 Å². The Morgan fingerprint density at radius 2 is 2.12 bits per heavy atom. The summed E-state index contributed by atoms with van der Waals surface area (Å²) >= 11 is 1.54. The second-order valence-electron chi connectivity index (χ2n) is 6.22. The molecule has 0 saturated carbocycles. The predicted octanol–water partition coefficient (Wildman–Crippen LogP) is 3.27. The number of hydrogen-bond acceptors (Lipinski definition) is 5. The standard InChI is InChI=1S/C17H23N3O3S/c1-11(2)18-16(21)20-8-6-12(7-9-20)23-17-19-14-10-13(22-3)4-5-15(14)24-17/h4-5,10-12H,6-9H2,1-3H3,(H,18,21). The maximum Gasteiger partial charge on any atom is 0.317 e. The predicted molar refractivity (Wildman–Crippen MR) is 95.1 cm³/mol. The Labute approximate surface area is 145 Å². The van der Waals surface area contributed by atoms with Crippen LogP contribution in [0.2, 0.25) is 0 Å². The van der Waals surface area contributed by atoms with Crippen molar-refractivity contribution in [2.24, 2.45) is 0 Å². The van der Waals surface area contributed by atoms with Crippen molar-refractivity contribution in [3.8, 4) is 10.9 Å². The average molecular weight is 349 g/mol. The molecule has 24 heavy (non-hydrogen) atoms. The highest BCUT2D eigenvalue weighted by Crippen LogP contribution is 2.31. The van der Waals surface area contributed by atoms with Crippen LogP contribution in [0.4, 0.5) is 4.79 Å². The number of methoxy groups -OCH3 is 1. The van der Waals surface area contributed by atoms with Crippen LogP contribution in [0, 0.1) is 0 Å². The molecule has 1 aliphatic rings. The molecule has 1 N–H and O–H groups in total. The molecule has 1 saturated heterocycles. The lowest BCUT2D eigenvalue weighted by Gasteiger charge is -2.32. The van der Waals surface area contributed by atoms with Crippen molar-refractivity contribution in [2.45, 2.75) is 38.8 Å². The van der Waals surface area contributed by atoms with Crippen LogP contribution in [0.1, 0.15) is 26.7 Å². The van der Waals surface area contributed by atoms with Crippen molar-refractivity contribution in [3.63, 3.8) is 0 Å². The van der Waals surface area contributed by atoms with Crippen LogP contribution >= 0.6 is 11.3 Å². The lowest BCUT2D eigenvalue weighted by molar-refractivity contribution is 0.110. The lowest BCUT2D eigenvalue weighted by atomic mass is 10.1. The number of nitrogens with zero attached hydrogens (tertiary/aromatic N) is 2. The van der Waals surface area contributed by atoms with E-state index in [0.29, 0.717) is 18.3 Å². The summed E-state index contributed by atoms with van der Waals surface area (Å²) in [5.41, 5.74) is 0.892. The van der Waals surface area contributed by atoms with E-state index in [4.69, 9.17) is 9.47 Å². The van der Waals surface area contributed by atoms with Gasteiger partial charge in [0.2, 0.25) is 0 Å². The van der Waals surface area contributed by atoms with Gasteiger partial charge in [-0.05, 0) is 26.0 Å². The summed E-state index contributed by atoms with van der Waals surface area (Å²) in [7, 11) is 1.65. The van der Waals surface area contributed by atoms with Crippen LogP contribution in [0.25, 0.3) is 10.2 Å². The van der Waals surface area contributed by atoms with Gasteiger partial charge in [-0.1, -0.05) is 11.3 Å². The number of piperidine rings is 1. The SMILES string of the molecule is COc1ccc2sc(OC3CCN(C(=O)NC(C)C)CC3)nc2c1. The molecule has 3 rings (SSSR count). The summed E-state index contributed by atoms with van der Waals surface area (Å²) in [4.78, 5) is 18.4. The Morgan fingerprint density at radius 1 is 1.38 bits per heavy atom. The summed E-state index contributed by atoms with van der Waals surface area (Å²) in [6.07, 6.45) is 1.76. The summed E-state index contributed by atoms with van der Waals surface area (Å²) in [6.45, 7) is 5.36. The first kappa shape index (κ1) is 16.8. The Bertz CT molecular complexity index is 708. The molecule has 0 aliphatic carbocycles. The van der Waals surface area contributed by atoms with Gasteiger partial charge in [0.15, 0.2) is 0 Å². The number of nitrogens with one attached hydrogen (secondary N) is 1. The quantitative estimate of drug-likeness (QED) is 0.920. The van der Waals surface area contributed by atoms with Crippen molar-refractivity contribution >= 4 is 27.6 Å². The number of fused-ring (bicyclic) bond motifs is 1. The van der Waals surface area contributed by atoms with Crippen molar-refractivity contribution < 1.29 is 14.3 Å². The van der Waals surface area contributed by atoms with Gasteiger partial charge in [-0.15, -0.1) is 0 Å². The van der Waals surface area contributed by atoms with Crippen LogP contribution < -0.4 is 14.8 Å². The van der Waals surface area contributed by atoms with E-state index >= 15 is 0 Å². The summed E-state index contributed by atoms with van der Waals surface area (Å²) in [5.74, 6) is 0.795. The molecular weight excluding hydrogens is 326 g/mol. The molecule has 0 spiro atoms. The molecule has 1 aromatic carbocycles. The zero-order chi connectivity index (χ0) is 17.1. The first-order valence-electron chi connectivity index (χ1n) is 8.22. The van der Waals surface area contributed by atoms with Gasteiger partial charge < -0.3 is 19.7 Å². The van der Waals surface area contributed by atoms with Crippen LogP contribution in [-0.2, 0) is 0 Å². The highest BCUT2D eigenvalue weighted by atomic mass is 32.1. The number of urea groups is 1. The Balaban J connectivity index is 1.57. The zero-order valence-electron chi connectivity index (χ0n) is 14.2. The van der Waals surface area contributed by atoms with E-state index < -0.39 is 0 Å². The first-order chi connectivity index (χ1) is 11.5. The second kappa shape index (κ2) is 7.25. The van der Waals surface area contributed by atoms with Crippen molar-refractivity contribution in [1.82, 2.24) is 15.2 Å². The van der Waals surface area contributed by atoms with Crippen LogP contribution in [0.3, 0.4) is 0 Å². The number of carbonyl (C=O) groups excluding carboxylic acids is 1. The van der Waals surface area contributed by atoms with Gasteiger partial charge in [-0.2, -0.15) is 0 Å². The van der Waals surface area contributed by atoms with E-state index in [1.165, 1.54) is 0 Å². The molecule has 1 aromatic heterocycles. The normalized spacial score (nSPS) is 15.8. The largest absolute Gasteiger partial charge is 0.497 e. The number of amides is 2. The highest BCUT2D eigenvalue weighted by molar-refractivity contribution is 7.20. The van der Waals surface area contributed by atoms with Gasteiger partial charge in [0.1, 0.15) is 11.9 Å². The fraction of sp³-hybridized carbons (Fsp3) is 0.529. The van der Waals surface area contributed by atoms with Gasteiger partial charge in [0.05, 0.1) is 17.3 Å². The van der Waals surface area contributed by atoms with Gasteiger partial charge in [0.25, 0.3) is 5.19 Å².